The molecule has 0 aliphatic rings. The number of ether oxygens (including phenoxy) is 1. The Kier molecular flexibility index (Phi) is 7.63. The van der Waals surface area contributed by atoms with Crippen molar-refractivity contribution in [3.8, 4) is 10.4 Å². The molecule has 0 spiro atoms. The van der Waals surface area contributed by atoms with Crippen molar-refractivity contribution in [3.63, 3.8) is 0 Å². The first-order chi connectivity index (χ1) is 16.6. The molecule has 37 heavy (non-hydrogen) atoms. The highest BCUT2D eigenvalue weighted by atomic mass is 32.1. The molecule has 1 heterocycles. The molecular weight excluding hydrogens is 569 g/mol. The molecule has 2 aromatic rings. The molecule has 0 aliphatic heterocycles. The van der Waals surface area contributed by atoms with Gasteiger partial charge in [0.1, 0.15) is 5.00 Å². The Hall–Kier alpha value is -3.05. The molecule has 0 aliphatic carbocycles. The maximum absolute atomic E-state index is 14.1. The zero-order valence-corrected chi connectivity index (χ0v) is 18.3. The number of nitrogens with one attached hydrogen (secondary N) is 1. The second kappa shape index (κ2) is 9.36. The Balaban J connectivity index is 2.53. The van der Waals surface area contributed by atoms with E-state index in [1.807, 2.05) is 0 Å². The van der Waals surface area contributed by atoms with Gasteiger partial charge in [-0.25, -0.2) is 4.79 Å². The molecule has 2 rings (SSSR count). The van der Waals surface area contributed by atoms with Crippen LogP contribution in [0.2, 0.25) is 0 Å². The van der Waals surface area contributed by atoms with Gasteiger partial charge in [0, 0.05) is 4.88 Å². The van der Waals surface area contributed by atoms with Crippen LogP contribution >= 0.6 is 11.3 Å². The number of hydrogen-bond donors (Lipinski definition) is 1. The lowest BCUT2D eigenvalue weighted by Gasteiger charge is -2.39. The Morgan fingerprint density at radius 2 is 1.24 bits per heavy atom. The number of rotatable bonds is 8. The van der Waals surface area contributed by atoms with Gasteiger partial charge in [0.25, 0.3) is 0 Å². The summed E-state index contributed by atoms with van der Waals surface area (Å²) in [5.41, 5.74) is -0.560. The van der Waals surface area contributed by atoms with Gasteiger partial charge >= 0.3 is 47.7 Å². The van der Waals surface area contributed by atoms with E-state index in [2.05, 4.69) is 4.74 Å². The second-order valence-electron chi connectivity index (χ2n) is 7.03. The smallest absolute Gasteiger partial charge is 0.460 e. The summed E-state index contributed by atoms with van der Waals surface area (Å²) in [5, 5.41) is -0.138. The molecule has 0 radical (unpaired) electrons. The van der Waals surface area contributed by atoms with Crippen molar-refractivity contribution in [2.75, 3.05) is 12.4 Å². The van der Waals surface area contributed by atoms with Crippen LogP contribution in [0.15, 0.2) is 36.4 Å². The molecule has 4 nitrogen and oxygen atoms in total. The normalized spacial score (nSPS) is 13.9. The van der Waals surface area contributed by atoms with Crippen molar-refractivity contribution in [3.05, 3.63) is 42.0 Å². The van der Waals surface area contributed by atoms with Crippen LogP contribution in [-0.4, -0.2) is 54.8 Å². The Labute approximate surface area is 201 Å². The Morgan fingerprint density at radius 1 is 0.757 bits per heavy atom. The summed E-state index contributed by atoms with van der Waals surface area (Å²) < 4.78 is 177. The highest BCUT2D eigenvalue weighted by Gasteiger charge is 2.91. The summed E-state index contributed by atoms with van der Waals surface area (Å²) in [7, 11) is 0.750. The molecule has 0 atom stereocenters. The molecule has 0 unspecified atom stereocenters. The highest BCUT2D eigenvalue weighted by Crippen LogP contribution is 2.60. The van der Waals surface area contributed by atoms with Gasteiger partial charge in [-0.2, -0.15) is 57.1 Å². The Morgan fingerprint density at radius 3 is 1.70 bits per heavy atom. The van der Waals surface area contributed by atoms with Gasteiger partial charge in [0.2, 0.25) is 0 Å². The van der Waals surface area contributed by atoms with Gasteiger partial charge in [0.15, 0.2) is 0 Å². The Bertz CT molecular complexity index is 1160. The molecule has 1 aromatic heterocycles. The number of anilines is 1. The van der Waals surface area contributed by atoms with Gasteiger partial charge in [-0.15, -0.1) is 11.3 Å². The van der Waals surface area contributed by atoms with Crippen LogP contribution < -0.4 is 5.32 Å². The molecule has 1 N–H and O–H groups in total. The van der Waals surface area contributed by atoms with E-state index in [4.69, 9.17) is 0 Å². The number of carbonyl (C=O) groups excluding carboxylic acids is 2. The predicted octanol–water partition coefficient (Wildman–Crippen LogP) is 6.88. The standard InChI is InChI=1S/C19H10F13NO3S/c1-36-12(34)9-7-10(8-5-3-2-4-6-8)37-11(9)33-13(35)14(20,21)15(22,23)16(24,25)17(26,27)18(28,29)19(30,31)32/h2-7H,1H3,(H,33,35). The van der Waals surface area contributed by atoms with Crippen molar-refractivity contribution in [2.45, 2.75) is 35.8 Å². The van der Waals surface area contributed by atoms with E-state index in [1.165, 1.54) is 30.3 Å². The number of benzene rings is 1. The fourth-order valence-corrected chi connectivity index (χ4v) is 3.63. The fraction of sp³-hybridized carbons (Fsp3) is 0.368. The minimum Gasteiger partial charge on any atom is -0.465 e. The van der Waals surface area contributed by atoms with Crippen LogP contribution in [-0.2, 0) is 9.53 Å². The SMILES string of the molecule is COC(=O)c1cc(-c2ccccc2)sc1NC(=O)C(F)(F)C(F)(F)C(F)(F)C(F)(F)C(F)(F)C(F)(F)F. The first-order valence-corrected chi connectivity index (χ1v) is 9.94. The zero-order chi connectivity index (χ0) is 28.8. The lowest BCUT2D eigenvalue weighted by molar-refractivity contribution is -0.435. The number of hydrogen-bond acceptors (Lipinski definition) is 4. The highest BCUT2D eigenvalue weighted by molar-refractivity contribution is 7.20. The molecule has 0 saturated heterocycles. The maximum atomic E-state index is 14.1. The number of carbonyl (C=O) groups is 2. The third kappa shape index (κ3) is 4.70. The summed E-state index contributed by atoms with van der Waals surface area (Å²) in [4.78, 5) is 23.7. The molecule has 206 valence electrons. The van der Waals surface area contributed by atoms with E-state index in [9.17, 15) is 66.7 Å². The van der Waals surface area contributed by atoms with Crippen LogP contribution in [0.5, 0.6) is 0 Å². The fourth-order valence-electron chi connectivity index (χ4n) is 2.58. The summed E-state index contributed by atoms with van der Waals surface area (Å²) in [6, 6.07) is 8.04. The predicted molar refractivity (Wildman–Crippen MR) is 101 cm³/mol. The van der Waals surface area contributed by atoms with Gasteiger partial charge < -0.3 is 10.1 Å². The molecular formula is C19H10F13NO3S. The van der Waals surface area contributed by atoms with Crippen molar-refractivity contribution < 1.29 is 71.4 Å². The third-order valence-electron chi connectivity index (χ3n) is 4.64. The first-order valence-electron chi connectivity index (χ1n) is 9.12. The lowest BCUT2D eigenvalue weighted by Crippen LogP contribution is -2.71. The number of alkyl halides is 13. The van der Waals surface area contributed by atoms with E-state index in [0.29, 0.717) is 0 Å². The zero-order valence-electron chi connectivity index (χ0n) is 17.5. The maximum Gasteiger partial charge on any atom is 0.460 e. The van der Waals surface area contributed by atoms with Crippen molar-refractivity contribution in [1.82, 2.24) is 0 Å². The van der Waals surface area contributed by atoms with Crippen molar-refractivity contribution in [2.24, 2.45) is 0 Å². The number of halogens is 13. The van der Waals surface area contributed by atoms with Gasteiger partial charge in [0.05, 0.1) is 12.7 Å². The average Bonchev–Trinajstić information content (AvgIpc) is 3.21. The lowest BCUT2D eigenvalue weighted by atomic mass is 9.93. The van der Waals surface area contributed by atoms with E-state index >= 15 is 0 Å². The van der Waals surface area contributed by atoms with Crippen LogP contribution in [0.4, 0.5) is 62.1 Å². The van der Waals surface area contributed by atoms with E-state index in [0.717, 1.165) is 18.5 Å². The van der Waals surface area contributed by atoms with Crippen LogP contribution in [0, 0.1) is 0 Å². The summed E-state index contributed by atoms with van der Waals surface area (Å²) in [6.07, 6.45) is -7.58. The first kappa shape index (κ1) is 30.2. The molecule has 1 amide bonds. The summed E-state index contributed by atoms with van der Waals surface area (Å²) in [5.74, 6) is -43.9. The molecule has 0 saturated carbocycles. The number of amides is 1. The average molecular weight is 579 g/mol. The minimum atomic E-state index is -8.15. The topological polar surface area (TPSA) is 55.4 Å². The van der Waals surface area contributed by atoms with Crippen LogP contribution in [0.25, 0.3) is 10.4 Å². The van der Waals surface area contributed by atoms with Gasteiger partial charge in [-0.1, -0.05) is 30.3 Å². The van der Waals surface area contributed by atoms with Crippen molar-refractivity contribution >= 4 is 28.2 Å². The largest absolute Gasteiger partial charge is 0.465 e. The summed E-state index contributed by atoms with van der Waals surface area (Å²) in [6.45, 7) is 0. The minimum absolute atomic E-state index is 0.0203. The van der Waals surface area contributed by atoms with Gasteiger partial charge in [-0.3, -0.25) is 4.79 Å². The van der Waals surface area contributed by atoms with Crippen LogP contribution in [0.1, 0.15) is 10.4 Å². The third-order valence-corrected chi connectivity index (χ3v) is 5.74. The number of thiophene rings is 1. The van der Waals surface area contributed by atoms with Gasteiger partial charge in [-0.05, 0) is 11.6 Å². The molecule has 18 heteroatoms. The molecule has 0 fully saturated rings. The quantitative estimate of drug-likeness (QED) is 0.274. The van der Waals surface area contributed by atoms with E-state index < -0.39 is 58.2 Å². The number of methoxy groups -OCH3 is 1. The number of esters is 1. The van der Waals surface area contributed by atoms with Crippen molar-refractivity contribution in [1.29, 1.82) is 0 Å². The molecule has 0 bridgehead atoms. The second-order valence-corrected chi connectivity index (χ2v) is 8.09. The molecule has 1 aromatic carbocycles. The van der Waals surface area contributed by atoms with E-state index in [1.54, 1.807) is 0 Å². The monoisotopic (exact) mass is 579 g/mol. The summed E-state index contributed by atoms with van der Waals surface area (Å²) >= 11 is 0.217. The van der Waals surface area contributed by atoms with Crippen LogP contribution in [0.3, 0.4) is 0 Å². The van der Waals surface area contributed by atoms with E-state index in [-0.39, 0.29) is 21.8 Å².